The van der Waals surface area contributed by atoms with Gasteiger partial charge in [0.1, 0.15) is 5.75 Å². The number of para-hydroxylation sites is 2. The quantitative estimate of drug-likeness (QED) is 0.246. The fourth-order valence-corrected chi connectivity index (χ4v) is 1.70. The molecule has 110 valence electrons. The van der Waals surface area contributed by atoms with Gasteiger partial charge in [-0.05, 0) is 31.2 Å². The first kappa shape index (κ1) is 14.8. The number of pyridine rings is 1. The molecule has 0 radical (unpaired) electrons. The van der Waals surface area contributed by atoms with E-state index in [1.165, 1.54) is 0 Å². The SMILES string of the molecule is C/C(=N\NCOc1ccccc1N)c1cccc(CO)n1. The maximum atomic E-state index is 9.06. The molecule has 0 unspecified atom stereocenters. The highest BCUT2D eigenvalue weighted by molar-refractivity contribution is 5.96. The third-order valence-electron chi connectivity index (χ3n) is 2.80. The van der Waals surface area contributed by atoms with Gasteiger partial charge in [-0.3, -0.25) is 5.43 Å². The van der Waals surface area contributed by atoms with Crippen LogP contribution < -0.4 is 15.9 Å². The molecule has 0 saturated heterocycles. The minimum Gasteiger partial charge on any atom is -0.470 e. The standard InChI is InChI=1S/C15H18N4O2/c1-11(14-7-4-5-12(9-20)18-14)19-17-10-21-15-8-3-2-6-13(15)16/h2-8,17,20H,9-10,16H2,1H3/b19-11+. The first-order valence-electron chi connectivity index (χ1n) is 6.52. The van der Waals surface area contributed by atoms with Crippen molar-refractivity contribution in [2.45, 2.75) is 13.5 Å². The van der Waals surface area contributed by atoms with E-state index in [4.69, 9.17) is 15.6 Å². The molecule has 2 rings (SSSR count). The third kappa shape index (κ3) is 4.19. The van der Waals surface area contributed by atoms with Gasteiger partial charge in [0.15, 0.2) is 6.73 Å². The Bertz CT molecular complexity index is 629. The van der Waals surface area contributed by atoms with E-state index in [9.17, 15) is 0 Å². The summed E-state index contributed by atoms with van der Waals surface area (Å²) < 4.78 is 5.46. The summed E-state index contributed by atoms with van der Waals surface area (Å²) in [6.45, 7) is 1.93. The van der Waals surface area contributed by atoms with E-state index in [2.05, 4.69) is 15.5 Å². The fraction of sp³-hybridized carbons (Fsp3) is 0.200. The Morgan fingerprint density at radius 1 is 1.29 bits per heavy atom. The Morgan fingerprint density at radius 3 is 2.86 bits per heavy atom. The number of nitrogens with zero attached hydrogens (tertiary/aromatic N) is 2. The van der Waals surface area contributed by atoms with Crippen molar-refractivity contribution in [1.82, 2.24) is 10.4 Å². The number of hydrazone groups is 1. The van der Waals surface area contributed by atoms with Gasteiger partial charge in [0.05, 0.1) is 29.4 Å². The lowest BCUT2D eigenvalue weighted by Crippen LogP contribution is -2.17. The fourth-order valence-electron chi connectivity index (χ4n) is 1.70. The lowest BCUT2D eigenvalue weighted by atomic mass is 10.2. The van der Waals surface area contributed by atoms with Crippen LogP contribution in [0, 0.1) is 0 Å². The summed E-state index contributed by atoms with van der Waals surface area (Å²) in [5, 5.41) is 13.2. The van der Waals surface area contributed by atoms with E-state index in [0.717, 1.165) is 0 Å². The molecule has 2 aromatic rings. The van der Waals surface area contributed by atoms with Gasteiger partial charge in [-0.1, -0.05) is 18.2 Å². The minimum absolute atomic E-state index is 0.0923. The van der Waals surface area contributed by atoms with Crippen molar-refractivity contribution in [2.75, 3.05) is 12.5 Å². The summed E-state index contributed by atoms with van der Waals surface area (Å²) in [6, 6.07) is 12.7. The van der Waals surface area contributed by atoms with Gasteiger partial charge in [-0.15, -0.1) is 0 Å². The lowest BCUT2D eigenvalue weighted by Gasteiger charge is -2.08. The minimum atomic E-state index is -0.0923. The number of nitrogen functional groups attached to an aromatic ring is 1. The first-order chi connectivity index (χ1) is 10.2. The first-order valence-corrected chi connectivity index (χ1v) is 6.52. The number of hydrogen-bond acceptors (Lipinski definition) is 6. The molecule has 4 N–H and O–H groups in total. The van der Waals surface area contributed by atoms with Gasteiger partial charge in [-0.25, -0.2) is 4.98 Å². The molecule has 1 heterocycles. The Kier molecular flexibility index (Phi) is 5.11. The number of aliphatic hydroxyl groups is 1. The smallest absolute Gasteiger partial charge is 0.173 e. The highest BCUT2D eigenvalue weighted by atomic mass is 16.5. The van der Waals surface area contributed by atoms with Crippen molar-refractivity contribution in [3.05, 3.63) is 53.9 Å². The molecular weight excluding hydrogens is 268 g/mol. The molecular formula is C15H18N4O2. The molecule has 0 amide bonds. The van der Waals surface area contributed by atoms with Crippen molar-refractivity contribution in [3.63, 3.8) is 0 Å². The van der Waals surface area contributed by atoms with Crippen LogP contribution in [0.15, 0.2) is 47.6 Å². The van der Waals surface area contributed by atoms with E-state index < -0.39 is 0 Å². The average Bonchev–Trinajstić information content (AvgIpc) is 2.53. The second-order valence-electron chi connectivity index (χ2n) is 4.35. The third-order valence-corrected chi connectivity index (χ3v) is 2.80. The van der Waals surface area contributed by atoms with E-state index >= 15 is 0 Å². The Morgan fingerprint density at radius 2 is 2.10 bits per heavy atom. The number of aliphatic hydroxyl groups excluding tert-OH is 1. The van der Waals surface area contributed by atoms with E-state index in [1.807, 2.05) is 31.2 Å². The van der Waals surface area contributed by atoms with Crippen LogP contribution in [-0.2, 0) is 6.61 Å². The maximum Gasteiger partial charge on any atom is 0.173 e. The largest absolute Gasteiger partial charge is 0.470 e. The number of nitrogens with one attached hydrogen (secondary N) is 1. The molecule has 0 aliphatic carbocycles. The van der Waals surface area contributed by atoms with E-state index in [1.54, 1.807) is 18.2 Å². The number of hydrogen-bond donors (Lipinski definition) is 3. The summed E-state index contributed by atoms with van der Waals surface area (Å²) in [5.74, 6) is 0.609. The predicted molar refractivity (Wildman–Crippen MR) is 81.9 cm³/mol. The molecule has 0 fully saturated rings. The van der Waals surface area contributed by atoms with Gasteiger partial charge in [-0.2, -0.15) is 5.10 Å². The molecule has 0 aliphatic rings. The molecule has 0 atom stereocenters. The molecule has 1 aromatic carbocycles. The van der Waals surface area contributed by atoms with E-state index in [0.29, 0.717) is 28.5 Å². The zero-order valence-electron chi connectivity index (χ0n) is 11.8. The molecule has 6 heteroatoms. The van der Waals surface area contributed by atoms with Crippen LogP contribution in [0.4, 0.5) is 5.69 Å². The Labute approximate surface area is 123 Å². The second kappa shape index (κ2) is 7.25. The predicted octanol–water partition coefficient (Wildman–Crippen LogP) is 1.51. The molecule has 1 aromatic heterocycles. The lowest BCUT2D eigenvalue weighted by molar-refractivity contribution is 0.277. The summed E-state index contributed by atoms with van der Waals surface area (Å²) in [4.78, 5) is 4.26. The van der Waals surface area contributed by atoms with Crippen LogP contribution in [0.25, 0.3) is 0 Å². The van der Waals surface area contributed by atoms with E-state index in [-0.39, 0.29) is 13.3 Å². The van der Waals surface area contributed by atoms with Crippen LogP contribution in [-0.4, -0.2) is 22.5 Å². The number of anilines is 1. The molecule has 0 bridgehead atoms. The number of nitrogens with two attached hydrogens (primary N) is 1. The molecule has 0 spiro atoms. The highest BCUT2D eigenvalue weighted by Gasteiger charge is 2.01. The number of ether oxygens (including phenoxy) is 1. The van der Waals surface area contributed by atoms with Crippen LogP contribution in [0.1, 0.15) is 18.3 Å². The van der Waals surface area contributed by atoms with Gasteiger partial charge in [0, 0.05) is 0 Å². The normalized spacial score (nSPS) is 11.2. The zero-order chi connectivity index (χ0) is 15.1. The molecule has 6 nitrogen and oxygen atoms in total. The van der Waals surface area contributed by atoms with Crippen molar-refractivity contribution in [1.29, 1.82) is 0 Å². The summed E-state index contributed by atoms with van der Waals surface area (Å²) in [6.07, 6.45) is 0. The van der Waals surface area contributed by atoms with Crippen LogP contribution in [0.5, 0.6) is 5.75 Å². The van der Waals surface area contributed by atoms with Gasteiger partial charge >= 0.3 is 0 Å². The number of aromatic nitrogens is 1. The van der Waals surface area contributed by atoms with Crippen molar-refractivity contribution < 1.29 is 9.84 Å². The maximum absolute atomic E-state index is 9.06. The van der Waals surface area contributed by atoms with Crippen LogP contribution >= 0.6 is 0 Å². The monoisotopic (exact) mass is 286 g/mol. The molecule has 21 heavy (non-hydrogen) atoms. The van der Waals surface area contributed by atoms with Gasteiger partial charge in [0.25, 0.3) is 0 Å². The Hall–Kier alpha value is -2.60. The van der Waals surface area contributed by atoms with Gasteiger partial charge in [0.2, 0.25) is 0 Å². The number of benzene rings is 1. The van der Waals surface area contributed by atoms with Crippen molar-refractivity contribution >= 4 is 11.4 Å². The second-order valence-corrected chi connectivity index (χ2v) is 4.35. The van der Waals surface area contributed by atoms with Crippen molar-refractivity contribution in [3.8, 4) is 5.75 Å². The molecule has 0 saturated carbocycles. The summed E-state index contributed by atoms with van der Waals surface area (Å²) in [7, 11) is 0. The van der Waals surface area contributed by atoms with Crippen LogP contribution in [0.3, 0.4) is 0 Å². The topological polar surface area (TPSA) is 92.8 Å². The summed E-state index contributed by atoms with van der Waals surface area (Å²) >= 11 is 0. The average molecular weight is 286 g/mol. The summed E-state index contributed by atoms with van der Waals surface area (Å²) in [5.41, 5.74) is 11.2. The van der Waals surface area contributed by atoms with Gasteiger partial charge < -0.3 is 15.6 Å². The highest BCUT2D eigenvalue weighted by Crippen LogP contribution is 2.18. The van der Waals surface area contributed by atoms with Crippen LogP contribution in [0.2, 0.25) is 0 Å². The Balaban J connectivity index is 1.90. The zero-order valence-corrected chi connectivity index (χ0v) is 11.8. The molecule has 0 aliphatic heterocycles. The number of rotatable bonds is 6. The van der Waals surface area contributed by atoms with Crippen molar-refractivity contribution in [2.24, 2.45) is 5.10 Å².